The molecular formula is C16H21N5O2. The molecule has 3 rings (SSSR count). The number of aliphatic hydroxyl groups excluding tert-OH is 1. The molecule has 1 aliphatic carbocycles. The standard InChI is InChI=1S/C16H21N5O2/c1-21(2)16-19-14(18-15(17)20-16)9-23-13-8-4-5-10-11(13)6-3-7-12(10)22/h4-5,8,12,22H,3,6-7,9H2,1-2H3,(H2,17,18,19,20)/t12-/m1/s1. The first-order valence-electron chi connectivity index (χ1n) is 7.65. The Kier molecular flexibility index (Phi) is 4.29. The lowest BCUT2D eigenvalue weighted by molar-refractivity contribution is 0.155. The first kappa shape index (κ1) is 15.5. The van der Waals surface area contributed by atoms with Gasteiger partial charge in [0.15, 0.2) is 5.82 Å². The topological polar surface area (TPSA) is 97.4 Å². The van der Waals surface area contributed by atoms with Crippen LogP contribution < -0.4 is 15.4 Å². The number of ether oxygens (including phenoxy) is 1. The molecule has 0 fully saturated rings. The molecule has 0 unspecified atom stereocenters. The highest BCUT2D eigenvalue weighted by atomic mass is 16.5. The SMILES string of the molecule is CN(C)c1nc(N)nc(COc2cccc3c2CCC[C@H]3O)n1. The molecule has 0 saturated carbocycles. The van der Waals surface area contributed by atoms with E-state index in [9.17, 15) is 5.11 Å². The van der Waals surface area contributed by atoms with Gasteiger partial charge < -0.3 is 20.5 Å². The fourth-order valence-electron chi connectivity index (χ4n) is 2.76. The summed E-state index contributed by atoms with van der Waals surface area (Å²) in [6.45, 7) is 0.208. The molecule has 0 saturated heterocycles. The zero-order valence-corrected chi connectivity index (χ0v) is 13.4. The summed E-state index contributed by atoms with van der Waals surface area (Å²) >= 11 is 0. The zero-order chi connectivity index (χ0) is 16.4. The van der Waals surface area contributed by atoms with Crippen LogP contribution in [0.15, 0.2) is 18.2 Å². The van der Waals surface area contributed by atoms with Crippen LogP contribution in [0.1, 0.15) is 35.9 Å². The summed E-state index contributed by atoms with van der Waals surface area (Å²) in [6.07, 6.45) is 2.26. The van der Waals surface area contributed by atoms with Crippen LogP contribution in [0.25, 0.3) is 0 Å². The molecule has 0 amide bonds. The number of fused-ring (bicyclic) bond motifs is 1. The Morgan fingerprint density at radius 3 is 2.91 bits per heavy atom. The second-order valence-corrected chi connectivity index (χ2v) is 5.82. The van der Waals surface area contributed by atoms with Crippen LogP contribution in [0.4, 0.5) is 11.9 Å². The number of benzene rings is 1. The Labute approximate surface area is 135 Å². The van der Waals surface area contributed by atoms with Crippen LogP contribution >= 0.6 is 0 Å². The Bertz CT molecular complexity index is 705. The van der Waals surface area contributed by atoms with E-state index in [1.54, 1.807) is 4.90 Å². The molecule has 0 radical (unpaired) electrons. The smallest absolute Gasteiger partial charge is 0.230 e. The molecule has 0 bridgehead atoms. The van der Waals surface area contributed by atoms with Gasteiger partial charge in [0.1, 0.15) is 12.4 Å². The van der Waals surface area contributed by atoms with Gasteiger partial charge in [-0.3, -0.25) is 0 Å². The number of nitrogen functional groups attached to an aromatic ring is 1. The van der Waals surface area contributed by atoms with E-state index in [1.165, 1.54) is 0 Å². The minimum atomic E-state index is -0.407. The van der Waals surface area contributed by atoms with Gasteiger partial charge in [0, 0.05) is 14.1 Å². The van der Waals surface area contributed by atoms with Crippen molar-refractivity contribution in [2.75, 3.05) is 24.7 Å². The Morgan fingerprint density at radius 2 is 2.13 bits per heavy atom. The highest BCUT2D eigenvalue weighted by Gasteiger charge is 2.21. The lowest BCUT2D eigenvalue weighted by Crippen LogP contribution is -2.17. The van der Waals surface area contributed by atoms with Crippen LogP contribution in [0, 0.1) is 0 Å². The van der Waals surface area contributed by atoms with E-state index in [-0.39, 0.29) is 12.6 Å². The van der Waals surface area contributed by atoms with Crippen molar-refractivity contribution in [2.45, 2.75) is 32.0 Å². The quantitative estimate of drug-likeness (QED) is 0.881. The van der Waals surface area contributed by atoms with Crippen LogP contribution in [-0.4, -0.2) is 34.2 Å². The molecule has 1 aromatic carbocycles. The van der Waals surface area contributed by atoms with Crippen LogP contribution in [0.3, 0.4) is 0 Å². The predicted octanol–water partition coefficient (Wildman–Crippen LogP) is 1.47. The van der Waals surface area contributed by atoms with Crippen LogP contribution in [-0.2, 0) is 13.0 Å². The molecule has 1 heterocycles. The van der Waals surface area contributed by atoms with Gasteiger partial charge in [-0.2, -0.15) is 15.0 Å². The van der Waals surface area contributed by atoms with Gasteiger partial charge in [-0.1, -0.05) is 12.1 Å². The predicted molar refractivity (Wildman–Crippen MR) is 87.2 cm³/mol. The van der Waals surface area contributed by atoms with Gasteiger partial charge in [-0.15, -0.1) is 0 Å². The third-order valence-corrected chi connectivity index (χ3v) is 3.88. The maximum atomic E-state index is 10.1. The number of nitrogens with zero attached hydrogens (tertiary/aromatic N) is 4. The van der Waals surface area contributed by atoms with E-state index >= 15 is 0 Å². The fraction of sp³-hybridized carbons (Fsp3) is 0.438. The molecule has 7 heteroatoms. The van der Waals surface area contributed by atoms with E-state index in [4.69, 9.17) is 10.5 Å². The molecule has 122 valence electrons. The van der Waals surface area contributed by atoms with Crippen LogP contribution in [0.5, 0.6) is 5.75 Å². The minimum Gasteiger partial charge on any atom is -0.485 e. The first-order valence-corrected chi connectivity index (χ1v) is 7.65. The second-order valence-electron chi connectivity index (χ2n) is 5.82. The minimum absolute atomic E-state index is 0.174. The molecule has 0 aliphatic heterocycles. The molecular weight excluding hydrogens is 294 g/mol. The fourth-order valence-corrected chi connectivity index (χ4v) is 2.76. The summed E-state index contributed by atoms with van der Waals surface area (Å²) in [5.41, 5.74) is 7.74. The number of nitrogens with two attached hydrogens (primary N) is 1. The van der Waals surface area contributed by atoms with E-state index in [0.717, 1.165) is 36.1 Å². The highest BCUT2D eigenvalue weighted by Crippen LogP contribution is 2.35. The molecule has 2 aromatic rings. The number of aromatic nitrogens is 3. The maximum absolute atomic E-state index is 10.1. The molecule has 0 spiro atoms. The molecule has 7 nitrogen and oxygen atoms in total. The van der Waals surface area contributed by atoms with Gasteiger partial charge in [0.2, 0.25) is 11.9 Å². The summed E-state index contributed by atoms with van der Waals surface area (Å²) in [4.78, 5) is 14.3. The normalized spacial score (nSPS) is 16.7. The number of aliphatic hydroxyl groups is 1. The zero-order valence-electron chi connectivity index (χ0n) is 13.4. The van der Waals surface area contributed by atoms with E-state index in [0.29, 0.717) is 11.8 Å². The summed E-state index contributed by atoms with van der Waals surface area (Å²) in [5.74, 6) is 1.93. The molecule has 1 atom stereocenters. The Morgan fingerprint density at radius 1 is 1.30 bits per heavy atom. The lowest BCUT2D eigenvalue weighted by Gasteiger charge is -2.23. The van der Waals surface area contributed by atoms with Crippen molar-refractivity contribution < 1.29 is 9.84 Å². The van der Waals surface area contributed by atoms with Gasteiger partial charge in [0.25, 0.3) is 0 Å². The van der Waals surface area contributed by atoms with Crippen LogP contribution in [0.2, 0.25) is 0 Å². The highest BCUT2D eigenvalue weighted by molar-refractivity contribution is 5.43. The molecule has 1 aliphatic rings. The Balaban J connectivity index is 1.80. The number of rotatable bonds is 4. The molecule has 3 N–H and O–H groups in total. The summed E-state index contributed by atoms with van der Waals surface area (Å²) in [7, 11) is 3.68. The number of hydrogen-bond acceptors (Lipinski definition) is 7. The summed E-state index contributed by atoms with van der Waals surface area (Å²) in [6, 6.07) is 5.76. The summed E-state index contributed by atoms with van der Waals surface area (Å²) in [5, 5.41) is 10.1. The average molecular weight is 315 g/mol. The largest absolute Gasteiger partial charge is 0.485 e. The molecule has 1 aromatic heterocycles. The Hall–Kier alpha value is -2.41. The van der Waals surface area contributed by atoms with Crippen molar-refractivity contribution in [3.05, 3.63) is 35.2 Å². The molecule has 23 heavy (non-hydrogen) atoms. The van der Waals surface area contributed by atoms with Crippen molar-refractivity contribution in [3.8, 4) is 5.75 Å². The number of anilines is 2. The van der Waals surface area contributed by atoms with E-state index in [1.807, 2.05) is 32.3 Å². The van der Waals surface area contributed by atoms with E-state index < -0.39 is 6.10 Å². The van der Waals surface area contributed by atoms with Gasteiger partial charge >= 0.3 is 0 Å². The van der Waals surface area contributed by atoms with Gasteiger partial charge in [-0.05, 0) is 36.5 Å². The maximum Gasteiger partial charge on any atom is 0.230 e. The summed E-state index contributed by atoms with van der Waals surface area (Å²) < 4.78 is 5.89. The van der Waals surface area contributed by atoms with Crippen molar-refractivity contribution >= 4 is 11.9 Å². The van der Waals surface area contributed by atoms with Crippen molar-refractivity contribution in [2.24, 2.45) is 0 Å². The van der Waals surface area contributed by atoms with Crippen molar-refractivity contribution in [1.29, 1.82) is 0 Å². The third kappa shape index (κ3) is 3.34. The first-order chi connectivity index (χ1) is 11.0. The van der Waals surface area contributed by atoms with Gasteiger partial charge in [0.05, 0.1) is 6.10 Å². The van der Waals surface area contributed by atoms with Gasteiger partial charge in [-0.25, -0.2) is 0 Å². The van der Waals surface area contributed by atoms with Crippen molar-refractivity contribution in [3.63, 3.8) is 0 Å². The second kappa shape index (κ2) is 6.37. The van der Waals surface area contributed by atoms with Crippen molar-refractivity contribution in [1.82, 2.24) is 15.0 Å². The lowest BCUT2D eigenvalue weighted by atomic mass is 9.89. The third-order valence-electron chi connectivity index (χ3n) is 3.88. The monoisotopic (exact) mass is 315 g/mol. The van der Waals surface area contributed by atoms with E-state index in [2.05, 4.69) is 15.0 Å². The average Bonchev–Trinajstić information content (AvgIpc) is 2.53. The number of hydrogen-bond donors (Lipinski definition) is 2.